The Bertz CT molecular complexity index is 1190. The molecular formula is C22H18N6O. The fraction of sp³-hybridized carbons (Fsp3) is 0.318. The lowest BCUT2D eigenvalue weighted by molar-refractivity contribution is -0.123. The van der Waals surface area contributed by atoms with Gasteiger partial charge in [0.15, 0.2) is 0 Å². The summed E-state index contributed by atoms with van der Waals surface area (Å²) in [5, 5.41) is 22.9. The molecule has 0 aromatic carbocycles. The third kappa shape index (κ3) is 2.67. The molecule has 1 saturated carbocycles. The van der Waals surface area contributed by atoms with Crippen LogP contribution < -0.4 is 4.90 Å². The summed E-state index contributed by atoms with van der Waals surface area (Å²) in [5.74, 6) is 0.110. The van der Waals surface area contributed by atoms with Gasteiger partial charge in [-0.05, 0) is 48.9 Å². The smallest absolute Gasteiger partial charge is 0.247 e. The lowest BCUT2D eigenvalue weighted by atomic mass is 9.83. The predicted molar refractivity (Wildman–Crippen MR) is 105 cm³/mol. The van der Waals surface area contributed by atoms with Crippen LogP contribution in [-0.2, 0) is 11.2 Å². The Morgan fingerprint density at radius 3 is 2.79 bits per heavy atom. The van der Waals surface area contributed by atoms with Crippen LogP contribution >= 0.6 is 0 Å². The molecule has 1 saturated heterocycles. The van der Waals surface area contributed by atoms with Crippen molar-refractivity contribution in [1.82, 2.24) is 14.6 Å². The topological polar surface area (TPSA) is 98.1 Å². The van der Waals surface area contributed by atoms with Crippen LogP contribution in [0.15, 0.2) is 42.9 Å². The Morgan fingerprint density at radius 1 is 1.24 bits per heavy atom. The van der Waals surface area contributed by atoms with E-state index in [1.54, 1.807) is 21.8 Å². The van der Waals surface area contributed by atoms with Gasteiger partial charge in [-0.15, -0.1) is 0 Å². The first-order valence-electron chi connectivity index (χ1n) is 9.69. The van der Waals surface area contributed by atoms with E-state index in [-0.39, 0.29) is 11.8 Å². The maximum atomic E-state index is 13.2. The van der Waals surface area contributed by atoms with E-state index < -0.39 is 5.41 Å². The minimum absolute atomic E-state index is 0.0858. The summed E-state index contributed by atoms with van der Waals surface area (Å²) in [7, 11) is 0. The van der Waals surface area contributed by atoms with Crippen LogP contribution in [-0.4, -0.2) is 27.0 Å². The molecular weight excluding hydrogens is 364 g/mol. The van der Waals surface area contributed by atoms with Gasteiger partial charge in [-0.1, -0.05) is 6.07 Å². The van der Waals surface area contributed by atoms with Crippen molar-refractivity contribution in [2.24, 2.45) is 11.3 Å². The molecule has 0 bridgehead atoms. The monoisotopic (exact) mass is 382 g/mol. The van der Waals surface area contributed by atoms with E-state index in [1.165, 1.54) is 0 Å². The van der Waals surface area contributed by atoms with Gasteiger partial charge >= 0.3 is 0 Å². The summed E-state index contributed by atoms with van der Waals surface area (Å²) < 4.78 is 1.74. The van der Waals surface area contributed by atoms with Gasteiger partial charge in [0.05, 0.1) is 35.5 Å². The van der Waals surface area contributed by atoms with Gasteiger partial charge in [0, 0.05) is 30.7 Å². The van der Waals surface area contributed by atoms with E-state index in [0.717, 1.165) is 40.9 Å². The number of rotatable bonds is 4. The van der Waals surface area contributed by atoms with E-state index >= 15 is 0 Å². The van der Waals surface area contributed by atoms with E-state index in [9.17, 15) is 10.1 Å². The summed E-state index contributed by atoms with van der Waals surface area (Å²) in [6, 6.07) is 12.0. The molecule has 0 radical (unpaired) electrons. The maximum Gasteiger partial charge on any atom is 0.247 e. The standard InChI is InChI=1S/C22H18N6O/c23-8-5-15-1-4-18(25-12-15)16-11-20-19(6-9-26-28(20)13-16)27-10-7-22(14-24,21(27)29)17-2-3-17/h1,4,6,9,11-13,17H,2-3,5,7,10H2/t22-/m1/s1. The molecule has 7 nitrogen and oxygen atoms in total. The van der Waals surface area contributed by atoms with Crippen LogP contribution in [0.1, 0.15) is 24.8 Å². The third-order valence-electron chi connectivity index (χ3n) is 6.01. The van der Waals surface area contributed by atoms with Gasteiger partial charge in [0.25, 0.3) is 0 Å². The van der Waals surface area contributed by atoms with Crippen molar-refractivity contribution in [1.29, 1.82) is 10.5 Å². The fourth-order valence-electron chi connectivity index (χ4n) is 4.28. The number of carbonyl (C=O) groups excluding carboxylic acids is 1. The summed E-state index contributed by atoms with van der Waals surface area (Å²) in [6.45, 7) is 0.546. The first kappa shape index (κ1) is 17.4. The number of pyridine rings is 1. The molecule has 2 fully saturated rings. The van der Waals surface area contributed by atoms with E-state index in [2.05, 4.69) is 22.2 Å². The number of amides is 1. The summed E-state index contributed by atoms with van der Waals surface area (Å²) in [6.07, 6.45) is 8.09. The highest BCUT2D eigenvalue weighted by molar-refractivity contribution is 6.05. The van der Waals surface area contributed by atoms with Gasteiger partial charge in [0.2, 0.25) is 5.91 Å². The Hall–Kier alpha value is -3.71. The molecule has 1 amide bonds. The van der Waals surface area contributed by atoms with Crippen molar-refractivity contribution in [2.45, 2.75) is 25.7 Å². The predicted octanol–water partition coefficient (Wildman–Crippen LogP) is 3.12. The van der Waals surface area contributed by atoms with Gasteiger partial charge in [-0.2, -0.15) is 15.6 Å². The zero-order valence-electron chi connectivity index (χ0n) is 15.7. The molecule has 0 N–H and O–H groups in total. The molecule has 29 heavy (non-hydrogen) atoms. The van der Waals surface area contributed by atoms with Crippen molar-refractivity contribution in [2.75, 3.05) is 11.4 Å². The summed E-state index contributed by atoms with van der Waals surface area (Å²) >= 11 is 0. The SMILES string of the molecule is N#CCc1ccc(-c2cc3c(N4CC[C@@](C#N)(C5CC5)C4=O)ccnn3c2)nc1. The van der Waals surface area contributed by atoms with Crippen LogP contribution in [0.25, 0.3) is 16.8 Å². The van der Waals surface area contributed by atoms with Crippen molar-refractivity contribution >= 4 is 17.1 Å². The fourth-order valence-corrected chi connectivity index (χ4v) is 4.28. The number of nitrogens with zero attached hydrogens (tertiary/aromatic N) is 6. The normalized spacial score (nSPS) is 21.3. The first-order valence-corrected chi connectivity index (χ1v) is 9.69. The molecule has 3 aromatic heterocycles. The molecule has 1 aliphatic carbocycles. The quantitative estimate of drug-likeness (QED) is 0.690. The zero-order chi connectivity index (χ0) is 20.0. The Balaban J connectivity index is 1.52. The number of hydrogen-bond acceptors (Lipinski definition) is 5. The van der Waals surface area contributed by atoms with Crippen LogP contribution in [0, 0.1) is 34.0 Å². The maximum absolute atomic E-state index is 13.2. The Labute approximate surface area is 167 Å². The van der Waals surface area contributed by atoms with Crippen molar-refractivity contribution in [3.05, 3.63) is 48.4 Å². The molecule has 3 aromatic rings. The molecule has 7 heteroatoms. The van der Waals surface area contributed by atoms with Gasteiger partial charge in [0.1, 0.15) is 5.41 Å². The van der Waals surface area contributed by atoms with Crippen LogP contribution in [0.4, 0.5) is 5.69 Å². The Kier molecular flexibility index (Phi) is 3.85. The second-order valence-corrected chi connectivity index (χ2v) is 7.73. The lowest BCUT2D eigenvalue weighted by Crippen LogP contribution is -2.35. The van der Waals surface area contributed by atoms with Crippen molar-refractivity contribution < 1.29 is 4.79 Å². The van der Waals surface area contributed by atoms with Crippen LogP contribution in [0.2, 0.25) is 0 Å². The van der Waals surface area contributed by atoms with Crippen molar-refractivity contribution in [3.63, 3.8) is 0 Å². The number of aromatic nitrogens is 3. The number of nitriles is 2. The minimum atomic E-state index is -0.867. The largest absolute Gasteiger partial charge is 0.309 e. The van der Waals surface area contributed by atoms with Gasteiger partial charge in [-0.25, -0.2) is 4.52 Å². The highest BCUT2D eigenvalue weighted by Crippen LogP contribution is 2.52. The zero-order valence-corrected chi connectivity index (χ0v) is 15.7. The second-order valence-electron chi connectivity index (χ2n) is 7.73. The van der Waals surface area contributed by atoms with Crippen LogP contribution in [0.3, 0.4) is 0 Å². The highest BCUT2D eigenvalue weighted by atomic mass is 16.2. The molecule has 2 aliphatic rings. The number of fused-ring (bicyclic) bond motifs is 1. The average molecular weight is 382 g/mol. The van der Waals surface area contributed by atoms with E-state index in [4.69, 9.17) is 5.26 Å². The molecule has 4 heterocycles. The summed E-state index contributed by atoms with van der Waals surface area (Å²) in [4.78, 5) is 19.4. The highest BCUT2D eigenvalue weighted by Gasteiger charge is 2.56. The summed E-state index contributed by atoms with van der Waals surface area (Å²) in [5.41, 5.74) is 3.25. The molecule has 5 rings (SSSR count). The third-order valence-corrected chi connectivity index (χ3v) is 6.01. The molecule has 1 atom stereocenters. The van der Waals surface area contributed by atoms with E-state index in [0.29, 0.717) is 19.4 Å². The molecule has 0 unspecified atom stereocenters. The number of anilines is 1. The Morgan fingerprint density at radius 2 is 2.10 bits per heavy atom. The molecule has 142 valence electrons. The van der Waals surface area contributed by atoms with Crippen LogP contribution in [0.5, 0.6) is 0 Å². The molecule has 0 spiro atoms. The minimum Gasteiger partial charge on any atom is -0.309 e. The first-order chi connectivity index (χ1) is 14.2. The van der Waals surface area contributed by atoms with Gasteiger partial charge < -0.3 is 4.90 Å². The van der Waals surface area contributed by atoms with Gasteiger partial charge in [-0.3, -0.25) is 9.78 Å². The average Bonchev–Trinajstić information content (AvgIpc) is 3.41. The second kappa shape index (κ2) is 6.42. The van der Waals surface area contributed by atoms with Crippen molar-refractivity contribution in [3.8, 4) is 23.4 Å². The molecule has 1 aliphatic heterocycles. The lowest BCUT2D eigenvalue weighted by Gasteiger charge is -2.21. The number of carbonyl (C=O) groups is 1. The van der Waals surface area contributed by atoms with E-state index in [1.807, 2.05) is 30.5 Å². The number of hydrogen-bond donors (Lipinski definition) is 0.